The summed E-state index contributed by atoms with van der Waals surface area (Å²) in [5, 5.41) is 3.33. The lowest BCUT2D eigenvalue weighted by molar-refractivity contribution is 0.518. The molecule has 2 heteroatoms. The van der Waals surface area contributed by atoms with Gasteiger partial charge in [-0.25, -0.2) is 4.39 Å². The van der Waals surface area contributed by atoms with Gasteiger partial charge in [0.2, 0.25) is 0 Å². The van der Waals surface area contributed by atoms with Crippen molar-refractivity contribution >= 4 is 0 Å². The Labute approximate surface area is 90.7 Å². The van der Waals surface area contributed by atoms with E-state index < -0.39 is 0 Å². The Hall–Kier alpha value is -0.890. The van der Waals surface area contributed by atoms with Crippen LogP contribution >= 0.6 is 0 Å². The van der Waals surface area contributed by atoms with Gasteiger partial charge in [0.1, 0.15) is 5.82 Å². The minimum Gasteiger partial charge on any atom is -0.316 e. The second-order valence-corrected chi connectivity index (χ2v) is 4.49. The van der Waals surface area contributed by atoms with Crippen molar-refractivity contribution in [2.45, 2.75) is 38.1 Å². The Balaban J connectivity index is 2.28. The fraction of sp³-hybridized carbons (Fsp3) is 0.538. The standard InChI is InChI=1S/C13H18FN/c1-9-6-10(8-11(14)7-9)12-4-3-5-13(12)15-2/h6-8,12-13,15H,3-5H2,1-2H3. The van der Waals surface area contributed by atoms with E-state index in [9.17, 15) is 4.39 Å². The minimum atomic E-state index is -0.105. The van der Waals surface area contributed by atoms with Crippen LogP contribution in [-0.2, 0) is 0 Å². The molecule has 1 aliphatic carbocycles. The maximum absolute atomic E-state index is 13.3. The van der Waals surface area contributed by atoms with Crippen molar-refractivity contribution in [1.29, 1.82) is 0 Å². The number of benzene rings is 1. The van der Waals surface area contributed by atoms with Crippen LogP contribution in [0.4, 0.5) is 4.39 Å². The molecule has 1 fully saturated rings. The van der Waals surface area contributed by atoms with Crippen LogP contribution < -0.4 is 5.32 Å². The Kier molecular flexibility index (Phi) is 3.06. The second-order valence-electron chi connectivity index (χ2n) is 4.49. The first-order chi connectivity index (χ1) is 7.20. The van der Waals surface area contributed by atoms with Crippen LogP contribution in [0.25, 0.3) is 0 Å². The number of likely N-dealkylation sites (N-methyl/N-ethyl adjacent to an activating group) is 1. The SMILES string of the molecule is CNC1CCCC1c1cc(C)cc(F)c1. The molecule has 82 valence electrons. The predicted octanol–water partition coefficient (Wildman–Crippen LogP) is 2.99. The van der Waals surface area contributed by atoms with E-state index in [0.717, 1.165) is 11.1 Å². The predicted molar refractivity (Wildman–Crippen MR) is 60.6 cm³/mol. The van der Waals surface area contributed by atoms with Crippen LogP contribution in [0, 0.1) is 12.7 Å². The molecule has 2 unspecified atom stereocenters. The molecular weight excluding hydrogens is 189 g/mol. The molecule has 0 heterocycles. The molecule has 2 atom stereocenters. The van der Waals surface area contributed by atoms with Gasteiger partial charge in [-0.1, -0.05) is 12.5 Å². The highest BCUT2D eigenvalue weighted by Gasteiger charge is 2.27. The van der Waals surface area contributed by atoms with Crippen molar-refractivity contribution in [3.05, 3.63) is 35.1 Å². The maximum Gasteiger partial charge on any atom is 0.123 e. The van der Waals surface area contributed by atoms with Crippen LogP contribution in [0.5, 0.6) is 0 Å². The van der Waals surface area contributed by atoms with Crippen LogP contribution in [0.1, 0.15) is 36.3 Å². The molecular formula is C13H18FN. The van der Waals surface area contributed by atoms with Crippen molar-refractivity contribution in [3.8, 4) is 0 Å². The molecule has 1 saturated carbocycles. The van der Waals surface area contributed by atoms with E-state index >= 15 is 0 Å². The third kappa shape index (κ3) is 2.20. The lowest BCUT2D eigenvalue weighted by Crippen LogP contribution is -2.27. The van der Waals surface area contributed by atoms with Gasteiger partial charge in [0.05, 0.1) is 0 Å². The average molecular weight is 207 g/mol. The van der Waals surface area contributed by atoms with E-state index in [1.54, 1.807) is 12.1 Å². The summed E-state index contributed by atoms with van der Waals surface area (Å²) in [6, 6.07) is 5.91. The average Bonchev–Trinajstić information content (AvgIpc) is 2.63. The molecule has 0 aliphatic heterocycles. The van der Waals surface area contributed by atoms with Crippen LogP contribution in [0.3, 0.4) is 0 Å². The highest BCUT2D eigenvalue weighted by Crippen LogP contribution is 2.35. The number of aryl methyl sites for hydroxylation is 1. The van der Waals surface area contributed by atoms with Crippen LogP contribution in [-0.4, -0.2) is 13.1 Å². The van der Waals surface area contributed by atoms with Gasteiger partial charge in [-0.15, -0.1) is 0 Å². The third-order valence-corrected chi connectivity index (χ3v) is 3.38. The van der Waals surface area contributed by atoms with Crippen LogP contribution in [0.15, 0.2) is 18.2 Å². The fourth-order valence-corrected chi connectivity index (χ4v) is 2.68. The lowest BCUT2D eigenvalue weighted by atomic mass is 9.93. The molecule has 2 rings (SSSR count). The summed E-state index contributed by atoms with van der Waals surface area (Å²) in [7, 11) is 2.00. The summed E-state index contributed by atoms with van der Waals surface area (Å²) in [4.78, 5) is 0. The highest BCUT2D eigenvalue weighted by atomic mass is 19.1. The quantitative estimate of drug-likeness (QED) is 0.786. The monoisotopic (exact) mass is 207 g/mol. The number of rotatable bonds is 2. The number of nitrogens with one attached hydrogen (secondary N) is 1. The summed E-state index contributed by atoms with van der Waals surface area (Å²) in [5.41, 5.74) is 2.18. The number of hydrogen-bond donors (Lipinski definition) is 1. The summed E-state index contributed by atoms with van der Waals surface area (Å²) < 4.78 is 13.3. The van der Waals surface area contributed by atoms with Gasteiger partial charge >= 0.3 is 0 Å². The fourth-order valence-electron chi connectivity index (χ4n) is 2.68. The maximum atomic E-state index is 13.3. The summed E-state index contributed by atoms with van der Waals surface area (Å²) in [6.07, 6.45) is 3.62. The van der Waals surface area contributed by atoms with Crippen LogP contribution in [0.2, 0.25) is 0 Å². The van der Waals surface area contributed by atoms with Gasteiger partial charge < -0.3 is 5.32 Å². The van der Waals surface area contributed by atoms with E-state index in [1.165, 1.54) is 19.3 Å². The Morgan fingerprint density at radius 3 is 2.73 bits per heavy atom. The van der Waals surface area contributed by atoms with Gasteiger partial charge in [-0.3, -0.25) is 0 Å². The molecule has 0 amide bonds. The van der Waals surface area contributed by atoms with E-state index in [2.05, 4.69) is 11.4 Å². The summed E-state index contributed by atoms with van der Waals surface area (Å²) in [6.45, 7) is 1.95. The van der Waals surface area contributed by atoms with Crippen molar-refractivity contribution in [2.24, 2.45) is 0 Å². The van der Waals surface area contributed by atoms with Gasteiger partial charge in [0.25, 0.3) is 0 Å². The van der Waals surface area contributed by atoms with E-state index in [0.29, 0.717) is 12.0 Å². The first kappa shape index (κ1) is 10.6. The zero-order chi connectivity index (χ0) is 10.8. The topological polar surface area (TPSA) is 12.0 Å². The third-order valence-electron chi connectivity index (χ3n) is 3.38. The molecule has 1 aromatic rings. The van der Waals surface area contributed by atoms with E-state index in [1.807, 2.05) is 14.0 Å². The van der Waals surface area contributed by atoms with Crippen molar-refractivity contribution < 1.29 is 4.39 Å². The second kappa shape index (κ2) is 4.31. The van der Waals surface area contributed by atoms with Gasteiger partial charge in [-0.2, -0.15) is 0 Å². The molecule has 1 aromatic carbocycles. The molecule has 1 N–H and O–H groups in total. The zero-order valence-electron chi connectivity index (χ0n) is 9.39. The van der Waals surface area contributed by atoms with Crippen molar-refractivity contribution in [2.75, 3.05) is 7.05 Å². The first-order valence-electron chi connectivity index (χ1n) is 5.65. The number of halogens is 1. The van der Waals surface area contributed by atoms with Gasteiger partial charge in [-0.05, 0) is 56.0 Å². The minimum absolute atomic E-state index is 0.105. The molecule has 0 aromatic heterocycles. The lowest BCUT2D eigenvalue weighted by Gasteiger charge is -2.19. The zero-order valence-corrected chi connectivity index (χ0v) is 9.39. The van der Waals surface area contributed by atoms with Gasteiger partial charge in [0, 0.05) is 6.04 Å². The summed E-state index contributed by atoms with van der Waals surface area (Å²) in [5.74, 6) is 0.385. The van der Waals surface area contributed by atoms with E-state index in [-0.39, 0.29) is 5.82 Å². The molecule has 0 bridgehead atoms. The smallest absolute Gasteiger partial charge is 0.123 e. The molecule has 15 heavy (non-hydrogen) atoms. The van der Waals surface area contributed by atoms with E-state index in [4.69, 9.17) is 0 Å². The number of hydrogen-bond acceptors (Lipinski definition) is 1. The highest BCUT2D eigenvalue weighted by molar-refractivity contribution is 5.28. The molecule has 1 aliphatic rings. The Bertz CT molecular complexity index is 328. The van der Waals surface area contributed by atoms with Gasteiger partial charge in [0.15, 0.2) is 0 Å². The Morgan fingerprint density at radius 1 is 1.27 bits per heavy atom. The summed E-state index contributed by atoms with van der Waals surface area (Å²) >= 11 is 0. The van der Waals surface area contributed by atoms with Crippen molar-refractivity contribution in [3.63, 3.8) is 0 Å². The van der Waals surface area contributed by atoms with Crippen molar-refractivity contribution in [1.82, 2.24) is 5.32 Å². The molecule has 0 spiro atoms. The molecule has 0 radical (unpaired) electrons. The Morgan fingerprint density at radius 2 is 2.07 bits per heavy atom. The molecule has 1 nitrogen and oxygen atoms in total. The normalized spacial score (nSPS) is 25.8. The first-order valence-corrected chi connectivity index (χ1v) is 5.65. The largest absolute Gasteiger partial charge is 0.316 e. The molecule has 0 saturated heterocycles.